The Morgan fingerprint density at radius 2 is 2.00 bits per heavy atom. The fourth-order valence-corrected chi connectivity index (χ4v) is 2.56. The number of Topliss-reactive ketones (excluding diaryl/α,β-unsaturated/α-hetero) is 1. The minimum absolute atomic E-state index is 0.0268. The van der Waals surface area contributed by atoms with Crippen LogP contribution in [0.15, 0.2) is 23.4 Å². The van der Waals surface area contributed by atoms with Crippen LogP contribution < -0.4 is 5.56 Å². The topological polar surface area (TPSA) is 74.7 Å². The normalized spacial score (nSPS) is 11.3. The molecule has 0 aliphatic heterocycles. The van der Waals surface area contributed by atoms with E-state index in [-0.39, 0.29) is 17.9 Å². The Bertz CT molecular complexity index is 945. The van der Waals surface area contributed by atoms with Crippen LogP contribution in [0.4, 0.5) is 0 Å². The fourth-order valence-electron chi connectivity index (χ4n) is 2.56. The first-order valence-electron chi connectivity index (χ1n) is 6.93. The molecule has 0 fully saturated rings. The molecule has 0 aliphatic carbocycles. The lowest BCUT2D eigenvalue weighted by Gasteiger charge is -2.05. The van der Waals surface area contributed by atoms with E-state index in [1.165, 1.54) is 21.8 Å². The van der Waals surface area contributed by atoms with E-state index in [1.54, 1.807) is 7.05 Å². The van der Waals surface area contributed by atoms with Crippen LogP contribution in [0.5, 0.6) is 0 Å². The van der Waals surface area contributed by atoms with Crippen molar-refractivity contribution in [3.8, 4) is 0 Å². The highest BCUT2D eigenvalue weighted by Gasteiger charge is 2.16. The summed E-state index contributed by atoms with van der Waals surface area (Å²) in [5, 5.41) is 4.43. The van der Waals surface area contributed by atoms with Crippen LogP contribution in [0.2, 0.25) is 0 Å². The molecular weight excluding hydrogens is 282 g/mol. The van der Waals surface area contributed by atoms with Gasteiger partial charge in [0.25, 0.3) is 5.56 Å². The molecule has 0 aliphatic rings. The van der Waals surface area contributed by atoms with Crippen LogP contribution in [0.1, 0.15) is 21.7 Å². The van der Waals surface area contributed by atoms with Gasteiger partial charge in [-0.1, -0.05) is 0 Å². The van der Waals surface area contributed by atoms with Crippen molar-refractivity contribution in [2.24, 2.45) is 14.1 Å². The lowest BCUT2D eigenvalue weighted by atomic mass is 10.1. The van der Waals surface area contributed by atoms with E-state index in [4.69, 9.17) is 0 Å². The van der Waals surface area contributed by atoms with Crippen LogP contribution in [-0.4, -0.2) is 29.7 Å². The largest absolute Gasteiger partial charge is 0.351 e. The van der Waals surface area contributed by atoms with E-state index < -0.39 is 0 Å². The highest BCUT2D eigenvalue weighted by Crippen LogP contribution is 2.14. The molecular formula is C15H17N5O2. The maximum atomic E-state index is 12.5. The van der Waals surface area contributed by atoms with Gasteiger partial charge in [0, 0.05) is 31.0 Å². The molecule has 7 nitrogen and oxygen atoms in total. The second kappa shape index (κ2) is 4.94. The van der Waals surface area contributed by atoms with Crippen LogP contribution in [0, 0.1) is 13.8 Å². The van der Waals surface area contributed by atoms with Gasteiger partial charge in [-0.2, -0.15) is 5.10 Å². The van der Waals surface area contributed by atoms with E-state index in [0.717, 1.165) is 11.4 Å². The molecule has 22 heavy (non-hydrogen) atoms. The molecule has 0 atom stereocenters. The number of fused-ring (bicyclic) bond motifs is 1. The van der Waals surface area contributed by atoms with Crippen LogP contribution in [-0.2, 0) is 20.6 Å². The van der Waals surface area contributed by atoms with Crippen molar-refractivity contribution in [3.63, 3.8) is 0 Å². The number of rotatable bonds is 3. The van der Waals surface area contributed by atoms with Gasteiger partial charge in [-0.25, -0.2) is 4.98 Å². The summed E-state index contributed by atoms with van der Waals surface area (Å²) in [6, 6.07) is 1.85. The molecule has 0 radical (unpaired) electrons. The number of carbonyl (C=O) groups is 1. The SMILES string of the molecule is Cc1cc(C(=O)Cn2cnc3c(cnn3C)c2=O)c(C)n1C. The van der Waals surface area contributed by atoms with E-state index in [2.05, 4.69) is 10.1 Å². The Kier molecular flexibility index (Phi) is 3.20. The quantitative estimate of drug-likeness (QED) is 0.675. The maximum absolute atomic E-state index is 12.5. The van der Waals surface area contributed by atoms with Gasteiger partial charge in [0.1, 0.15) is 11.7 Å². The molecule has 0 saturated carbocycles. The number of carbonyl (C=O) groups excluding carboxylic acids is 1. The first-order chi connectivity index (χ1) is 10.4. The third kappa shape index (κ3) is 2.05. The number of hydrogen-bond donors (Lipinski definition) is 0. The summed E-state index contributed by atoms with van der Waals surface area (Å²) in [6.07, 6.45) is 2.87. The highest BCUT2D eigenvalue weighted by atomic mass is 16.1. The highest BCUT2D eigenvalue weighted by molar-refractivity contribution is 5.97. The molecule has 114 valence electrons. The van der Waals surface area contributed by atoms with Crippen molar-refractivity contribution in [2.45, 2.75) is 20.4 Å². The molecule has 3 aromatic rings. The first-order valence-corrected chi connectivity index (χ1v) is 6.93. The third-order valence-corrected chi connectivity index (χ3v) is 4.11. The third-order valence-electron chi connectivity index (χ3n) is 4.11. The summed E-state index contributed by atoms with van der Waals surface area (Å²) in [5.74, 6) is -0.103. The van der Waals surface area contributed by atoms with Crippen molar-refractivity contribution in [1.29, 1.82) is 0 Å². The molecule has 0 saturated heterocycles. The molecule has 3 aromatic heterocycles. The van der Waals surface area contributed by atoms with Crippen LogP contribution in [0.3, 0.4) is 0 Å². The number of aryl methyl sites for hydroxylation is 2. The molecule has 0 spiro atoms. The monoisotopic (exact) mass is 299 g/mol. The van der Waals surface area contributed by atoms with Gasteiger partial charge in [-0.15, -0.1) is 0 Å². The zero-order valence-corrected chi connectivity index (χ0v) is 13.0. The molecule has 3 rings (SSSR count). The van der Waals surface area contributed by atoms with Gasteiger partial charge in [0.15, 0.2) is 11.4 Å². The molecule has 0 N–H and O–H groups in total. The Hall–Kier alpha value is -2.70. The number of ketones is 1. The van der Waals surface area contributed by atoms with Gasteiger partial charge in [0.2, 0.25) is 0 Å². The maximum Gasteiger partial charge on any atom is 0.264 e. The van der Waals surface area contributed by atoms with E-state index in [1.807, 2.05) is 31.5 Å². The van der Waals surface area contributed by atoms with Crippen molar-refractivity contribution < 1.29 is 4.79 Å². The van der Waals surface area contributed by atoms with Crippen LogP contribution >= 0.6 is 0 Å². The predicted molar refractivity (Wildman–Crippen MR) is 82.0 cm³/mol. The second-order valence-corrected chi connectivity index (χ2v) is 5.45. The lowest BCUT2D eigenvalue weighted by molar-refractivity contribution is 0.0970. The zero-order valence-electron chi connectivity index (χ0n) is 13.0. The average molecular weight is 299 g/mol. The molecule has 3 heterocycles. The smallest absolute Gasteiger partial charge is 0.264 e. The minimum atomic E-state index is -0.253. The predicted octanol–water partition coefficient (Wildman–Crippen LogP) is 0.968. The van der Waals surface area contributed by atoms with Gasteiger partial charge in [0.05, 0.1) is 12.7 Å². The summed E-state index contributed by atoms with van der Waals surface area (Å²) in [7, 11) is 3.64. The van der Waals surface area contributed by atoms with E-state index >= 15 is 0 Å². The fraction of sp³-hybridized carbons (Fsp3) is 0.333. The van der Waals surface area contributed by atoms with Gasteiger partial charge in [-0.3, -0.25) is 18.8 Å². The summed E-state index contributed by atoms with van der Waals surface area (Å²) in [6.45, 7) is 3.81. The number of hydrogen-bond acceptors (Lipinski definition) is 4. The lowest BCUT2D eigenvalue weighted by Crippen LogP contribution is -2.24. The van der Waals surface area contributed by atoms with Gasteiger partial charge in [-0.05, 0) is 19.9 Å². The van der Waals surface area contributed by atoms with Gasteiger partial charge < -0.3 is 4.57 Å². The molecule has 0 aromatic carbocycles. The summed E-state index contributed by atoms with van der Waals surface area (Å²) in [5.41, 5.74) is 2.80. The molecule has 0 amide bonds. The number of aromatic nitrogens is 5. The van der Waals surface area contributed by atoms with Crippen molar-refractivity contribution in [1.82, 2.24) is 23.9 Å². The van der Waals surface area contributed by atoms with Crippen molar-refractivity contribution >= 4 is 16.8 Å². The Morgan fingerprint density at radius 1 is 1.27 bits per heavy atom. The summed E-state index contributed by atoms with van der Waals surface area (Å²) >= 11 is 0. The number of nitrogens with zero attached hydrogens (tertiary/aromatic N) is 5. The second-order valence-electron chi connectivity index (χ2n) is 5.45. The van der Waals surface area contributed by atoms with E-state index in [0.29, 0.717) is 16.6 Å². The molecule has 0 bridgehead atoms. The first kappa shape index (κ1) is 14.2. The average Bonchev–Trinajstić information content (AvgIpc) is 2.98. The minimum Gasteiger partial charge on any atom is -0.351 e. The molecule has 0 unspecified atom stereocenters. The Labute approximate surface area is 126 Å². The van der Waals surface area contributed by atoms with Gasteiger partial charge >= 0.3 is 0 Å². The van der Waals surface area contributed by atoms with Crippen molar-refractivity contribution in [3.05, 3.63) is 45.9 Å². The summed E-state index contributed by atoms with van der Waals surface area (Å²) in [4.78, 5) is 29.0. The zero-order chi connectivity index (χ0) is 16.0. The van der Waals surface area contributed by atoms with E-state index in [9.17, 15) is 9.59 Å². The Balaban J connectivity index is 1.99. The molecule has 7 heteroatoms. The summed E-state index contributed by atoms with van der Waals surface area (Å²) < 4.78 is 4.82. The standard InChI is InChI=1S/C15H17N5O2/c1-9-5-11(10(2)18(9)3)13(21)7-20-8-16-14-12(15(20)22)6-17-19(14)4/h5-6,8H,7H2,1-4H3. The Morgan fingerprint density at radius 3 is 2.64 bits per heavy atom. The van der Waals surface area contributed by atoms with Crippen molar-refractivity contribution in [2.75, 3.05) is 0 Å². The van der Waals surface area contributed by atoms with Crippen LogP contribution in [0.25, 0.3) is 11.0 Å².